The van der Waals surface area contributed by atoms with Gasteiger partial charge in [0.2, 0.25) is 0 Å². The van der Waals surface area contributed by atoms with Gasteiger partial charge in [0.05, 0.1) is 5.60 Å². The summed E-state index contributed by atoms with van der Waals surface area (Å²) in [6.45, 7) is 6.10. The van der Waals surface area contributed by atoms with E-state index in [1.54, 1.807) is 11.9 Å². The van der Waals surface area contributed by atoms with Crippen LogP contribution >= 0.6 is 11.9 Å². The predicted molar refractivity (Wildman–Crippen MR) is 67.0 cm³/mol. The minimum Gasteiger partial charge on any atom is -0.387 e. The average Bonchev–Trinajstić information content (AvgIpc) is 2.17. The van der Waals surface area contributed by atoms with Gasteiger partial charge in [0.1, 0.15) is 0 Å². The lowest BCUT2D eigenvalue weighted by Gasteiger charge is -2.51. The molecular weight excluding hydrogens is 208 g/mol. The number of hydrogen-bond donors (Lipinski definition) is 1. The van der Waals surface area contributed by atoms with Gasteiger partial charge in [0.15, 0.2) is 0 Å². The molecule has 0 aliphatic carbocycles. The summed E-state index contributed by atoms with van der Waals surface area (Å²) in [5.74, 6) is 0. The molecule has 0 bridgehead atoms. The molecule has 1 N–H and O–H groups in total. The third kappa shape index (κ3) is 2.49. The first kappa shape index (κ1) is 13.3. The molecule has 1 aliphatic heterocycles. The quantitative estimate of drug-likeness (QED) is 0.745. The summed E-state index contributed by atoms with van der Waals surface area (Å²) in [7, 11) is 4.08. The molecule has 4 heteroatoms. The Morgan fingerprint density at radius 1 is 1.40 bits per heavy atom. The van der Waals surface area contributed by atoms with Crippen molar-refractivity contribution in [2.24, 2.45) is 0 Å². The first-order chi connectivity index (χ1) is 6.83. The summed E-state index contributed by atoms with van der Waals surface area (Å²) in [5.41, 5.74) is -0.779. The number of likely N-dealkylation sites (N-methyl/N-ethyl adjacent to an activating group) is 1. The molecule has 1 aliphatic rings. The molecule has 0 saturated carbocycles. The maximum atomic E-state index is 10.8. The van der Waals surface area contributed by atoms with Crippen LogP contribution in [-0.4, -0.2) is 58.9 Å². The Balaban J connectivity index is 2.81. The fourth-order valence-corrected chi connectivity index (χ4v) is 2.72. The fraction of sp³-hybridized carbons (Fsp3) is 1.00. The molecule has 90 valence electrons. The number of hydrogen-bond acceptors (Lipinski definition) is 4. The van der Waals surface area contributed by atoms with E-state index in [0.717, 1.165) is 25.9 Å². The van der Waals surface area contributed by atoms with Crippen molar-refractivity contribution in [3.63, 3.8) is 0 Å². The van der Waals surface area contributed by atoms with E-state index in [1.165, 1.54) is 0 Å². The first-order valence-electron chi connectivity index (χ1n) is 5.52. The van der Waals surface area contributed by atoms with E-state index in [9.17, 15) is 5.11 Å². The molecule has 0 aromatic heterocycles. The molecule has 1 fully saturated rings. The maximum Gasteiger partial charge on any atom is 0.0960 e. The van der Waals surface area contributed by atoms with Crippen molar-refractivity contribution in [2.75, 3.05) is 33.4 Å². The third-order valence-corrected chi connectivity index (χ3v) is 4.78. The normalized spacial score (nSPS) is 29.8. The summed E-state index contributed by atoms with van der Waals surface area (Å²) in [5, 5.41) is 10.8. The molecule has 0 unspecified atom stereocenters. The molecule has 0 aromatic rings. The van der Waals surface area contributed by atoms with Gasteiger partial charge in [-0.1, -0.05) is 11.9 Å². The van der Waals surface area contributed by atoms with Crippen LogP contribution in [0.15, 0.2) is 0 Å². The molecule has 1 atom stereocenters. The molecule has 0 aromatic carbocycles. The molecule has 1 saturated heterocycles. The number of piperidine rings is 1. The molecule has 1 rings (SSSR count). The van der Waals surface area contributed by atoms with E-state index in [0.29, 0.717) is 0 Å². The second-order valence-electron chi connectivity index (χ2n) is 5.13. The zero-order valence-electron chi connectivity index (χ0n) is 10.6. The number of nitrogens with zero attached hydrogens (tertiary/aromatic N) is 2. The standard InChI is InChI=1S/C11H24N2OS/c1-10(2,12(3)4)11(14)7-6-8-13(9-11)15-5/h14H,6-9H2,1-5H3/t11-/m0/s1. The average molecular weight is 232 g/mol. The van der Waals surface area contributed by atoms with Gasteiger partial charge in [0.25, 0.3) is 0 Å². The van der Waals surface area contributed by atoms with Crippen LogP contribution in [0, 0.1) is 0 Å². The highest BCUT2D eigenvalue weighted by atomic mass is 32.2. The largest absolute Gasteiger partial charge is 0.387 e. The van der Waals surface area contributed by atoms with Crippen LogP contribution in [0.1, 0.15) is 26.7 Å². The van der Waals surface area contributed by atoms with E-state index in [1.807, 2.05) is 14.1 Å². The van der Waals surface area contributed by atoms with Crippen molar-refractivity contribution >= 4 is 11.9 Å². The molecule has 15 heavy (non-hydrogen) atoms. The number of rotatable bonds is 3. The van der Waals surface area contributed by atoms with Gasteiger partial charge in [-0.25, -0.2) is 4.31 Å². The molecule has 0 amide bonds. The van der Waals surface area contributed by atoms with Gasteiger partial charge in [-0.2, -0.15) is 0 Å². The van der Waals surface area contributed by atoms with Crippen LogP contribution in [0.3, 0.4) is 0 Å². The third-order valence-electron chi connectivity index (χ3n) is 3.95. The van der Waals surface area contributed by atoms with Crippen LogP contribution in [0.5, 0.6) is 0 Å². The lowest BCUT2D eigenvalue weighted by Crippen LogP contribution is -2.64. The first-order valence-corrected chi connectivity index (χ1v) is 6.70. The Bertz CT molecular complexity index is 221. The monoisotopic (exact) mass is 232 g/mol. The van der Waals surface area contributed by atoms with E-state index in [-0.39, 0.29) is 5.54 Å². The lowest BCUT2D eigenvalue weighted by atomic mass is 9.76. The zero-order chi connectivity index (χ0) is 11.7. The second-order valence-corrected chi connectivity index (χ2v) is 6.02. The van der Waals surface area contributed by atoms with E-state index >= 15 is 0 Å². The topological polar surface area (TPSA) is 26.7 Å². The SMILES string of the molecule is CSN1CCC[C@@](O)(C(C)(C)N(C)C)C1. The molecule has 0 radical (unpaired) electrons. The van der Waals surface area contributed by atoms with Crippen molar-refractivity contribution < 1.29 is 5.11 Å². The Kier molecular flexibility index (Phi) is 4.09. The van der Waals surface area contributed by atoms with Gasteiger partial charge < -0.3 is 10.0 Å². The second kappa shape index (κ2) is 4.62. The van der Waals surface area contributed by atoms with Gasteiger partial charge in [-0.15, -0.1) is 0 Å². The Hall–Kier alpha value is 0.230. The lowest BCUT2D eigenvalue weighted by molar-refractivity contribution is -0.107. The van der Waals surface area contributed by atoms with Gasteiger partial charge >= 0.3 is 0 Å². The van der Waals surface area contributed by atoms with Gasteiger partial charge in [-0.05, 0) is 47.0 Å². The van der Waals surface area contributed by atoms with Crippen LogP contribution < -0.4 is 0 Å². The zero-order valence-corrected chi connectivity index (χ0v) is 11.4. The summed E-state index contributed by atoms with van der Waals surface area (Å²) in [6, 6.07) is 0. The maximum absolute atomic E-state index is 10.8. The minimum absolute atomic E-state index is 0.179. The summed E-state index contributed by atoms with van der Waals surface area (Å²) in [4.78, 5) is 2.12. The van der Waals surface area contributed by atoms with Crippen molar-refractivity contribution in [1.82, 2.24) is 9.21 Å². The van der Waals surface area contributed by atoms with Crippen molar-refractivity contribution in [2.45, 2.75) is 37.8 Å². The molecular formula is C11H24N2OS. The minimum atomic E-state index is -0.599. The summed E-state index contributed by atoms with van der Waals surface area (Å²) < 4.78 is 2.26. The predicted octanol–water partition coefficient (Wildman–Crippen LogP) is 1.43. The Morgan fingerprint density at radius 2 is 2.00 bits per heavy atom. The van der Waals surface area contributed by atoms with Crippen LogP contribution in [-0.2, 0) is 0 Å². The molecule has 1 heterocycles. The molecule has 3 nitrogen and oxygen atoms in total. The highest BCUT2D eigenvalue weighted by Crippen LogP contribution is 2.35. The highest BCUT2D eigenvalue weighted by Gasteiger charge is 2.47. The van der Waals surface area contributed by atoms with Gasteiger partial charge in [-0.3, -0.25) is 0 Å². The fourth-order valence-electron chi connectivity index (χ4n) is 2.07. The smallest absolute Gasteiger partial charge is 0.0960 e. The molecule has 0 spiro atoms. The van der Waals surface area contributed by atoms with Crippen molar-refractivity contribution in [3.8, 4) is 0 Å². The Labute approximate surface area is 98.0 Å². The van der Waals surface area contributed by atoms with Crippen molar-refractivity contribution in [1.29, 1.82) is 0 Å². The summed E-state index contributed by atoms with van der Waals surface area (Å²) in [6.07, 6.45) is 4.05. The van der Waals surface area contributed by atoms with Crippen LogP contribution in [0.4, 0.5) is 0 Å². The Morgan fingerprint density at radius 3 is 2.47 bits per heavy atom. The van der Waals surface area contributed by atoms with Crippen molar-refractivity contribution in [3.05, 3.63) is 0 Å². The van der Waals surface area contributed by atoms with Crippen LogP contribution in [0.25, 0.3) is 0 Å². The summed E-state index contributed by atoms with van der Waals surface area (Å²) >= 11 is 1.73. The van der Waals surface area contributed by atoms with Gasteiger partial charge in [0, 0.05) is 18.6 Å². The van der Waals surface area contributed by atoms with E-state index in [2.05, 4.69) is 29.3 Å². The number of aliphatic hydroxyl groups is 1. The van der Waals surface area contributed by atoms with E-state index < -0.39 is 5.60 Å². The van der Waals surface area contributed by atoms with E-state index in [4.69, 9.17) is 0 Å². The number of β-amino-alcohol motifs (C(OH)–C–C–N with tert-alkyl or cyclic N) is 1. The van der Waals surface area contributed by atoms with Crippen LogP contribution in [0.2, 0.25) is 0 Å². The highest BCUT2D eigenvalue weighted by molar-refractivity contribution is 7.96.